The zero-order valence-corrected chi connectivity index (χ0v) is 41.7. The Kier molecular flexibility index (Phi) is 42.6. The van der Waals surface area contributed by atoms with Gasteiger partial charge in [0, 0.05) is 59.0 Å². The minimum atomic E-state index is 0. The molecule has 0 N–H and O–H groups in total. The van der Waals surface area contributed by atoms with Crippen LogP contribution in [0.2, 0.25) is 0 Å². The Morgan fingerprint density at radius 3 is 0.952 bits per heavy atom. The monoisotopic (exact) mass is 948 g/mol. The molecule has 62 heavy (non-hydrogen) atoms. The molecule has 8 heteroatoms. The summed E-state index contributed by atoms with van der Waals surface area (Å²) in [7, 11) is 0.216. The smallest absolute Gasteiger partial charge is 0.0746 e. The fraction of sp³-hybridized carbons (Fsp3) is 0.481. The molecule has 4 fully saturated rings. The van der Waals surface area contributed by atoms with Gasteiger partial charge >= 0.3 is 45.2 Å². The second-order valence-electron chi connectivity index (χ2n) is 16.0. The van der Waals surface area contributed by atoms with E-state index in [-0.39, 0.29) is 50.6 Å². The van der Waals surface area contributed by atoms with Crippen LogP contribution in [0.15, 0.2) is 121 Å². The second kappa shape index (κ2) is 42.7. The Labute approximate surface area is 401 Å². The fourth-order valence-electron chi connectivity index (χ4n) is 9.15. The number of rotatable bonds is 6. The van der Waals surface area contributed by atoms with Gasteiger partial charge in [-0.2, -0.15) is 12.1 Å². The second-order valence-corrected chi connectivity index (χ2v) is 21.5. The molecule has 0 atom stereocenters. The van der Waals surface area contributed by atoms with Gasteiger partial charge in [-0.25, -0.2) is 12.1 Å². The van der Waals surface area contributed by atoms with Crippen molar-refractivity contribution in [3.05, 3.63) is 159 Å². The molecule has 4 aromatic rings. The Hall–Kier alpha value is -2.24. The van der Waals surface area contributed by atoms with Crippen LogP contribution in [0.3, 0.4) is 0 Å². The number of aryl methyl sites for hydroxylation is 2. The van der Waals surface area contributed by atoms with Crippen molar-refractivity contribution in [1.29, 1.82) is 0 Å². The molecule has 4 aromatic carbocycles. The normalized spacial score (nSPS) is 16.1. The van der Waals surface area contributed by atoms with E-state index in [1.165, 1.54) is 140 Å². The molecule has 4 nitrogen and oxygen atoms in total. The molecule has 0 aliphatic heterocycles. The zero-order chi connectivity index (χ0) is 44.1. The minimum Gasteiger partial charge on any atom is -0.213 e. The van der Waals surface area contributed by atoms with Crippen molar-refractivity contribution >= 4 is 26.5 Å². The minimum absolute atomic E-state index is 0. The van der Waals surface area contributed by atoms with Crippen molar-refractivity contribution in [2.75, 3.05) is 0 Å². The molecule has 0 spiro atoms. The van der Waals surface area contributed by atoms with E-state index < -0.39 is 0 Å². The molecule has 4 aliphatic carbocycles. The van der Waals surface area contributed by atoms with Gasteiger partial charge in [0.25, 0.3) is 0 Å². The molecule has 0 bridgehead atoms. The van der Waals surface area contributed by atoms with Crippen LogP contribution in [0.1, 0.15) is 140 Å². The summed E-state index contributed by atoms with van der Waals surface area (Å²) in [6.07, 6.45) is 29.9. The fourth-order valence-corrected chi connectivity index (χ4v) is 16.7. The Morgan fingerprint density at radius 1 is 0.403 bits per heavy atom. The summed E-state index contributed by atoms with van der Waals surface area (Å²) in [5.41, 5.74) is 6.79. The standard InChI is InChI=1S/C19H28P.C17H26P.2C7H8.4CO.2Cr/c1-2-6-12-17(11-5-1)20(18-13-7-3-8-14-18)19-15-9-4-10-16-19;1-3-9-15(10-4-1)18(17-13-7-8-14-17)16-11-5-2-6-12-16;2*1-7-5-3-2-4-6-7;4*1-2;;/h1-2,5-6,11-12,18-19H,3-4,7-10,13-16H2;7-8,13-16H,1-6,9-12H2;2*2-6H,1H3;;;;;;/q+1;-1;;;;;;;;. The average molecular weight is 949 g/mol. The molecule has 0 unspecified atom stereocenters. The molecular formula is C54H70Cr2O4P2. The maximum Gasteiger partial charge on any atom is 0.0746 e. The number of hydrogen-bond acceptors (Lipinski definition) is 0. The molecule has 0 saturated heterocycles. The number of hydrogen-bond donors (Lipinski definition) is 0. The van der Waals surface area contributed by atoms with Crippen LogP contribution in [-0.4, -0.2) is 22.6 Å². The van der Waals surface area contributed by atoms with Crippen molar-refractivity contribution in [2.45, 2.75) is 165 Å². The zero-order valence-electron chi connectivity index (χ0n) is 37.3. The third-order valence-electron chi connectivity index (χ3n) is 11.9. The van der Waals surface area contributed by atoms with Crippen molar-refractivity contribution in [3.8, 4) is 0 Å². The Morgan fingerprint density at radius 2 is 0.677 bits per heavy atom. The molecule has 332 valence electrons. The van der Waals surface area contributed by atoms with Gasteiger partial charge in [0.2, 0.25) is 0 Å². The van der Waals surface area contributed by atoms with Gasteiger partial charge in [0.05, 0.1) is 17.4 Å². The molecule has 0 aromatic heterocycles. The van der Waals surface area contributed by atoms with Gasteiger partial charge in [-0.15, -0.1) is 13.2 Å². The molecule has 4 saturated carbocycles. The maximum atomic E-state index is 7.50. The van der Waals surface area contributed by atoms with Crippen LogP contribution >= 0.6 is 15.8 Å². The first-order valence-electron chi connectivity index (χ1n) is 22.2. The molecule has 0 heterocycles. The van der Waals surface area contributed by atoms with Gasteiger partial charge in [-0.1, -0.05) is 149 Å². The topological polar surface area (TPSA) is 79.6 Å². The molecular weight excluding hydrogens is 879 g/mol. The van der Waals surface area contributed by atoms with E-state index in [1.807, 2.05) is 36.4 Å². The summed E-state index contributed by atoms with van der Waals surface area (Å²) < 4.78 is 30.0. The first kappa shape index (κ1) is 61.9. The summed E-state index contributed by atoms with van der Waals surface area (Å²) >= 11 is 0. The van der Waals surface area contributed by atoms with Crippen LogP contribution in [-0.2, 0) is 53.3 Å². The van der Waals surface area contributed by atoms with E-state index in [0.29, 0.717) is 0 Å². The molecule has 0 radical (unpaired) electrons. The van der Waals surface area contributed by atoms with Crippen LogP contribution in [0.25, 0.3) is 0 Å². The van der Waals surface area contributed by atoms with Gasteiger partial charge in [0.15, 0.2) is 0 Å². The van der Waals surface area contributed by atoms with Crippen molar-refractivity contribution in [3.63, 3.8) is 0 Å². The van der Waals surface area contributed by atoms with Crippen molar-refractivity contribution in [1.82, 2.24) is 0 Å². The van der Waals surface area contributed by atoms with E-state index in [4.69, 9.17) is 18.6 Å². The molecule has 0 amide bonds. The van der Waals surface area contributed by atoms with E-state index in [1.54, 1.807) is 10.6 Å². The van der Waals surface area contributed by atoms with Crippen molar-refractivity contribution in [2.24, 2.45) is 0 Å². The molecule has 4 aliphatic rings. The predicted octanol–water partition coefficient (Wildman–Crippen LogP) is 14.8. The van der Waals surface area contributed by atoms with E-state index in [9.17, 15) is 0 Å². The Balaban J connectivity index is 0. The number of benzene rings is 2. The van der Waals surface area contributed by atoms with Crippen LogP contribution < -0.4 is 10.6 Å². The van der Waals surface area contributed by atoms with E-state index >= 15 is 0 Å². The van der Waals surface area contributed by atoms with Gasteiger partial charge in [0.1, 0.15) is 0 Å². The summed E-state index contributed by atoms with van der Waals surface area (Å²) in [5, 5.41) is 3.41. The van der Waals surface area contributed by atoms with Gasteiger partial charge < -0.3 is 0 Å². The van der Waals surface area contributed by atoms with Gasteiger partial charge in [-0.05, 0) is 95.8 Å². The third-order valence-corrected chi connectivity index (χ3v) is 18.9. The summed E-state index contributed by atoms with van der Waals surface area (Å²) in [6.45, 7) is 22.2. The first-order valence-corrected chi connectivity index (χ1v) is 25.2. The van der Waals surface area contributed by atoms with Crippen LogP contribution in [0.4, 0.5) is 0 Å². The average Bonchev–Trinajstić information content (AvgIpc) is 3.74. The summed E-state index contributed by atoms with van der Waals surface area (Å²) in [4.78, 5) is 0. The quantitative estimate of drug-likeness (QED) is 0.105. The van der Waals surface area contributed by atoms with Gasteiger partial charge in [-0.3, -0.25) is 0 Å². The van der Waals surface area contributed by atoms with Crippen LogP contribution in [0.5, 0.6) is 0 Å². The predicted molar refractivity (Wildman–Crippen MR) is 252 cm³/mol. The summed E-state index contributed by atoms with van der Waals surface area (Å²) in [6, 6.07) is 43.6. The van der Waals surface area contributed by atoms with E-state index in [0.717, 1.165) is 22.6 Å². The third kappa shape index (κ3) is 25.3. The Bertz CT molecular complexity index is 1530. The largest absolute Gasteiger partial charge is 0.213 e. The van der Waals surface area contributed by atoms with Crippen LogP contribution in [0, 0.1) is 40.4 Å². The van der Waals surface area contributed by atoms with E-state index in [2.05, 4.69) is 125 Å². The summed E-state index contributed by atoms with van der Waals surface area (Å²) in [5.74, 6) is 0. The van der Waals surface area contributed by atoms with Crippen molar-refractivity contribution < 1.29 is 53.3 Å². The SMILES string of the molecule is Cc1ccccc1.Cc1ccccc1.[C-]#[O+].[C-]#[O+].[C-]#[O+].[C-]#[O+].[Cr].[Cr].c1cc[c-](P(C2CCCCC2)C2CCCCC2)c1.c1ccc[c+](P(C2CCCCC2)C2CCCCC2)cc1. The maximum absolute atomic E-state index is 7.50. The molecule has 8 rings (SSSR count). The first-order chi connectivity index (χ1) is 29.7.